The second-order valence-electron chi connectivity index (χ2n) is 4.91. The van der Waals surface area contributed by atoms with E-state index in [0.717, 1.165) is 0 Å². The van der Waals surface area contributed by atoms with Gasteiger partial charge in [-0.05, 0) is 31.2 Å². The van der Waals surface area contributed by atoms with E-state index in [1.807, 2.05) is 12.1 Å². The quantitative estimate of drug-likeness (QED) is 0.779. The maximum absolute atomic E-state index is 12.2. The number of amides is 1. The molecule has 118 valence electrons. The normalized spacial score (nSPS) is 11.5. The highest BCUT2D eigenvalue weighted by Gasteiger charge is 2.18. The number of aromatic nitrogens is 4. The first-order valence-electron chi connectivity index (χ1n) is 7.09. The average molecular weight is 320 g/mol. The van der Waals surface area contributed by atoms with Gasteiger partial charge in [-0.1, -0.05) is 11.2 Å². The molecule has 3 aromatic heterocycles. The maximum atomic E-state index is 12.2. The highest BCUT2D eigenvalue weighted by molar-refractivity contribution is 5.94. The highest BCUT2D eigenvalue weighted by atomic mass is 16.5. The molecule has 0 aliphatic carbocycles. The molecule has 0 fully saturated rings. The third kappa shape index (κ3) is 3.25. The van der Waals surface area contributed by atoms with Gasteiger partial charge in [0.05, 0.1) is 5.56 Å². The predicted molar refractivity (Wildman–Crippen MR) is 82.4 cm³/mol. The lowest BCUT2D eigenvalue weighted by Gasteiger charge is -2.09. The minimum Gasteiger partial charge on any atom is -0.340 e. The summed E-state index contributed by atoms with van der Waals surface area (Å²) in [6.07, 6.45) is 2.97. The molecule has 0 bridgehead atoms. The molecule has 0 aliphatic heterocycles. The van der Waals surface area contributed by atoms with E-state index in [2.05, 4.69) is 25.4 Å². The topological polar surface area (TPSA) is 118 Å². The Morgan fingerprint density at radius 2 is 2.17 bits per heavy atom. The third-order valence-corrected chi connectivity index (χ3v) is 3.19. The first kappa shape index (κ1) is 15.3. The van der Waals surface area contributed by atoms with E-state index in [1.54, 1.807) is 25.3 Å². The van der Waals surface area contributed by atoms with Gasteiger partial charge in [-0.3, -0.25) is 9.78 Å². The Morgan fingerprint density at radius 1 is 1.29 bits per heavy atom. The molecule has 3 heterocycles. The number of carbonyl (C=O) groups is 1. The number of hydrogen-bond acceptors (Lipinski definition) is 7. The first-order valence-corrected chi connectivity index (χ1v) is 7.09. The van der Waals surface area contributed by atoms with E-state index >= 15 is 0 Å². The van der Waals surface area contributed by atoms with Gasteiger partial charge in [0, 0.05) is 12.4 Å². The van der Waals surface area contributed by atoms with Crippen molar-refractivity contribution in [2.75, 3.05) is 0 Å². The van der Waals surface area contributed by atoms with Crippen LogP contribution in [-0.2, 0) is 0 Å². The number of pyridine rings is 2. The van der Waals surface area contributed by atoms with Crippen molar-refractivity contribution in [2.45, 2.75) is 13.0 Å². The Morgan fingerprint density at radius 3 is 2.83 bits per heavy atom. The van der Waals surface area contributed by atoms with Crippen molar-refractivity contribution >= 4 is 5.91 Å². The predicted octanol–water partition coefficient (Wildman–Crippen LogP) is 1.89. The summed E-state index contributed by atoms with van der Waals surface area (Å²) in [5.41, 5.74) is 1.17. The van der Waals surface area contributed by atoms with E-state index in [0.29, 0.717) is 17.1 Å². The van der Waals surface area contributed by atoms with Gasteiger partial charge in [0.25, 0.3) is 5.91 Å². The number of carbonyl (C=O) groups excluding carboxylic acids is 1. The van der Waals surface area contributed by atoms with Crippen molar-refractivity contribution < 1.29 is 9.32 Å². The van der Waals surface area contributed by atoms with Crippen molar-refractivity contribution in [3.63, 3.8) is 0 Å². The fraction of sp³-hybridized carbons (Fsp3) is 0.125. The summed E-state index contributed by atoms with van der Waals surface area (Å²) in [6, 6.07) is 9.79. The van der Waals surface area contributed by atoms with Crippen LogP contribution < -0.4 is 5.32 Å². The van der Waals surface area contributed by atoms with Crippen molar-refractivity contribution in [2.24, 2.45) is 0 Å². The van der Waals surface area contributed by atoms with E-state index < -0.39 is 6.04 Å². The second-order valence-corrected chi connectivity index (χ2v) is 4.91. The standard InChI is InChI=1S/C16H12N6O2/c1-10(20-15(23)11-5-6-12(8-17)19-9-11)16-21-14(22-24-16)13-4-2-3-7-18-13/h2-7,9-10H,1H3,(H,20,23). The van der Waals surface area contributed by atoms with Gasteiger partial charge in [0.15, 0.2) is 0 Å². The summed E-state index contributed by atoms with van der Waals surface area (Å²) in [5.74, 6) is 0.273. The van der Waals surface area contributed by atoms with Crippen LogP contribution in [0.5, 0.6) is 0 Å². The zero-order chi connectivity index (χ0) is 16.9. The third-order valence-electron chi connectivity index (χ3n) is 3.19. The van der Waals surface area contributed by atoms with Gasteiger partial charge >= 0.3 is 0 Å². The number of nitriles is 1. The fourth-order valence-corrected chi connectivity index (χ4v) is 1.95. The second kappa shape index (κ2) is 6.66. The zero-order valence-electron chi connectivity index (χ0n) is 12.7. The minimum atomic E-state index is -0.488. The van der Waals surface area contributed by atoms with Crippen molar-refractivity contribution in [1.29, 1.82) is 5.26 Å². The molecule has 1 unspecified atom stereocenters. The van der Waals surface area contributed by atoms with Gasteiger partial charge in [-0.2, -0.15) is 10.2 Å². The molecule has 1 amide bonds. The average Bonchev–Trinajstić information content (AvgIpc) is 3.13. The maximum Gasteiger partial charge on any atom is 0.253 e. The van der Waals surface area contributed by atoms with Crippen molar-refractivity contribution in [3.8, 4) is 17.6 Å². The molecule has 0 saturated heterocycles. The zero-order valence-corrected chi connectivity index (χ0v) is 12.7. The minimum absolute atomic E-state index is 0.247. The van der Waals surface area contributed by atoms with E-state index in [9.17, 15) is 4.79 Å². The Labute approximate surface area is 137 Å². The molecule has 3 aromatic rings. The summed E-state index contributed by atoms with van der Waals surface area (Å²) in [6.45, 7) is 1.73. The molecule has 0 radical (unpaired) electrons. The van der Waals surface area contributed by atoms with E-state index in [4.69, 9.17) is 9.78 Å². The largest absolute Gasteiger partial charge is 0.340 e. The van der Waals surface area contributed by atoms with Crippen molar-refractivity contribution in [3.05, 3.63) is 59.9 Å². The molecule has 24 heavy (non-hydrogen) atoms. The Bertz CT molecular complexity index is 883. The van der Waals surface area contributed by atoms with Crippen LogP contribution in [0.2, 0.25) is 0 Å². The van der Waals surface area contributed by atoms with Crippen LogP contribution in [0.25, 0.3) is 11.5 Å². The molecule has 3 rings (SSSR count). The van der Waals surface area contributed by atoms with E-state index in [1.165, 1.54) is 18.3 Å². The summed E-state index contributed by atoms with van der Waals surface area (Å²) >= 11 is 0. The Kier molecular flexibility index (Phi) is 4.25. The van der Waals surface area contributed by atoms with E-state index in [-0.39, 0.29) is 17.5 Å². The van der Waals surface area contributed by atoms with Crippen LogP contribution >= 0.6 is 0 Å². The molecule has 0 saturated carbocycles. The van der Waals surface area contributed by atoms with Crippen LogP contribution in [0, 0.1) is 11.3 Å². The molecule has 1 atom stereocenters. The molecule has 0 aliphatic rings. The van der Waals surface area contributed by atoms with Crippen LogP contribution in [-0.4, -0.2) is 26.0 Å². The monoisotopic (exact) mass is 320 g/mol. The van der Waals surface area contributed by atoms with Crippen LogP contribution in [0.4, 0.5) is 0 Å². The fourth-order valence-electron chi connectivity index (χ4n) is 1.95. The lowest BCUT2D eigenvalue weighted by molar-refractivity contribution is 0.0932. The molecule has 0 spiro atoms. The molecular formula is C16H12N6O2. The van der Waals surface area contributed by atoms with Gasteiger partial charge in [0.1, 0.15) is 23.5 Å². The van der Waals surface area contributed by atoms with Crippen molar-refractivity contribution in [1.82, 2.24) is 25.4 Å². The van der Waals surface area contributed by atoms with Crippen LogP contribution in [0.15, 0.2) is 47.2 Å². The number of nitrogens with zero attached hydrogens (tertiary/aromatic N) is 5. The Balaban J connectivity index is 1.70. The molecular weight excluding hydrogens is 308 g/mol. The van der Waals surface area contributed by atoms with Gasteiger partial charge < -0.3 is 9.84 Å². The summed E-state index contributed by atoms with van der Waals surface area (Å²) in [5, 5.41) is 15.3. The lowest BCUT2D eigenvalue weighted by atomic mass is 10.2. The molecule has 1 N–H and O–H groups in total. The summed E-state index contributed by atoms with van der Waals surface area (Å²) in [7, 11) is 0. The molecule has 8 nitrogen and oxygen atoms in total. The first-order chi connectivity index (χ1) is 11.7. The van der Waals surface area contributed by atoms with Crippen LogP contribution in [0.1, 0.15) is 34.9 Å². The number of rotatable bonds is 4. The van der Waals surface area contributed by atoms with Gasteiger partial charge in [-0.15, -0.1) is 0 Å². The van der Waals surface area contributed by atoms with Gasteiger partial charge in [0.2, 0.25) is 11.7 Å². The van der Waals surface area contributed by atoms with Crippen LogP contribution in [0.3, 0.4) is 0 Å². The lowest BCUT2D eigenvalue weighted by Crippen LogP contribution is -2.27. The molecule has 8 heteroatoms. The number of hydrogen-bond donors (Lipinski definition) is 1. The summed E-state index contributed by atoms with van der Waals surface area (Å²) in [4.78, 5) is 24.4. The SMILES string of the molecule is CC(NC(=O)c1ccc(C#N)nc1)c1nc(-c2ccccn2)no1. The molecule has 0 aromatic carbocycles. The Hall–Kier alpha value is -3.60. The summed E-state index contributed by atoms with van der Waals surface area (Å²) < 4.78 is 5.18. The highest BCUT2D eigenvalue weighted by Crippen LogP contribution is 2.16. The number of nitrogens with one attached hydrogen (secondary N) is 1. The van der Waals surface area contributed by atoms with Gasteiger partial charge in [-0.25, -0.2) is 4.98 Å². The smallest absolute Gasteiger partial charge is 0.253 e.